The summed E-state index contributed by atoms with van der Waals surface area (Å²) in [7, 11) is -3.77. The van der Waals surface area contributed by atoms with E-state index in [0.717, 1.165) is 6.26 Å². The average Bonchev–Trinajstić information content (AvgIpc) is 3.12. The molecule has 0 radical (unpaired) electrons. The molecule has 212 valence electrons. The van der Waals surface area contributed by atoms with Gasteiger partial charge in [0.05, 0.1) is 28.9 Å². The fourth-order valence-electron chi connectivity index (χ4n) is 3.47. The molecular formula is C22H21Cl3F3N5O5S. The fourth-order valence-corrected chi connectivity index (χ4v) is 4.76. The van der Waals surface area contributed by atoms with Crippen molar-refractivity contribution in [1.29, 1.82) is 0 Å². The number of nitrogens with zero attached hydrogens (tertiary/aromatic N) is 3. The number of carbonyl (C=O) groups is 1. The van der Waals surface area contributed by atoms with E-state index in [1.54, 1.807) is 0 Å². The molecule has 17 heteroatoms. The van der Waals surface area contributed by atoms with E-state index >= 15 is 0 Å². The van der Waals surface area contributed by atoms with Gasteiger partial charge in [0.15, 0.2) is 11.9 Å². The van der Waals surface area contributed by atoms with Gasteiger partial charge in [0.1, 0.15) is 6.54 Å². The molecule has 2 aromatic carbocycles. The third-order valence-electron chi connectivity index (χ3n) is 5.27. The molecule has 3 N–H and O–H groups in total. The van der Waals surface area contributed by atoms with E-state index in [2.05, 4.69) is 15.1 Å². The van der Waals surface area contributed by atoms with Crippen LogP contribution >= 0.6 is 34.8 Å². The van der Waals surface area contributed by atoms with Crippen molar-refractivity contribution in [2.45, 2.75) is 31.4 Å². The standard InChI is InChI=1S/C22H21Cl3F3N5O5S/c1-39(37,38)31-16(14-3-2-4-15(24)19(14)25)9-29-18(35)11-33-21(36)32(10-17(34)22(26,27)28)20(30-33)12-5-7-13(23)8-6-12/h2-8,16-17,31,34H,9-11H2,1H3,(H,29,35). The Morgan fingerprint density at radius 3 is 2.36 bits per heavy atom. The average molecular weight is 631 g/mol. The molecule has 2 unspecified atom stereocenters. The minimum absolute atomic E-state index is 0.0559. The van der Waals surface area contributed by atoms with Crippen molar-refractivity contribution in [3.05, 3.63) is 73.6 Å². The van der Waals surface area contributed by atoms with Crippen LogP contribution in [0.2, 0.25) is 15.1 Å². The van der Waals surface area contributed by atoms with E-state index in [9.17, 15) is 36.3 Å². The number of alkyl halides is 3. The van der Waals surface area contributed by atoms with Gasteiger partial charge in [-0.05, 0) is 35.9 Å². The van der Waals surface area contributed by atoms with Gasteiger partial charge < -0.3 is 10.4 Å². The van der Waals surface area contributed by atoms with E-state index in [0.29, 0.717) is 14.3 Å². The molecule has 0 aliphatic heterocycles. The van der Waals surface area contributed by atoms with Crippen molar-refractivity contribution in [3.63, 3.8) is 0 Å². The Labute approximate surface area is 235 Å². The predicted octanol–water partition coefficient (Wildman–Crippen LogP) is 3.00. The van der Waals surface area contributed by atoms with Crippen molar-refractivity contribution in [1.82, 2.24) is 24.4 Å². The summed E-state index contributed by atoms with van der Waals surface area (Å²) in [5, 5.41) is 16.5. The highest BCUT2D eigenvalue weighted by Gasteiger charge is 2.39. The van der Waals surface area contributed by atoms with Gasteiger partial charge in [0, 0.05) is 17.1 Å². The first-order valence-electron chi connectivity index (χ1n) is 10.9. The van der Waals surface area contributed by atoms with Crippen molar-refractivity contribution in [3.8, 4) is 11.4 Å². The van der Waals surface area contributed by atoms with Crippen molar-refractivity contribution in [2.24, 2.45) is 0 Å². The van der Waals surface area contributed by atoms with Crippen LogP contribution in [0.3, 0.4) is 0 Å². The van der Waals surface area contributed by atoms with Crippen LogP contribution in [0, 0.1) is 0 Å². The number of aromatic nitrogens is 3. The van der Waals surface area contributed by atoms with E-state index in [1.807, 2.05) is 0 Å². The largest absolute Gasteiger partial charge is 0.416 e. The summed E-state index contributed by atoms with van der Waals surface area (Å²) in [4.78, 5) is 25.6. The lowest BCUT2D eigenvalue weighted by Gasteiger charge is -2.20. The number of halogens is 6. The SMILES string of the molecule is CS(=O)(=O)NC(CNC(=O)Cn1nc(-c2ccc(Cl)cc2)n(CC(O)C(F)(F)F)c1=O)c1cccc(Cl)c1Cl. The molecule has 1 amide bonds. The van der Waals surface area contributed by atoms with E-state index < -0.39 is 53.0 Å². The van der Waals surface area contributed by atoms with Crippen LogP contribution in [0.1, 0.15) is 11.6 Å². The monoisotopic (exact) mass is 629 g/mol. The first-order valence-corrected chi connectivity index (χ1v) is 14.0. The van der Waals surface area contributed by atoms with Crippen LogP contribution in [0.4, 0.5) is 13.2 Å². The van der Waals surface area contributed by atoms with Crippen LogP contribution in [0.15, 0.2) is 47.3 Å². The van der Waals surface area contributed by atoms with Crippen molar-refractivity contribution >= 4 is 50.7 Å². The Hall–Kier alpha value is -2.62. The number of hydrogen-bond donors (Lipinski definition) is 3. The molecule has 1 aromatic heterocycles. The first kappa shape index (κ1) is 30.9. The van der Waals surface area contributed by atoms with Crippen LogP contribution < -0.4 is 15.7 Å². The van der Waals surface area contributed by atoms with Crippen LogP contribution in [-0.2, 0) is 27.9 Å². The molecule has 0 saturated heterocycles. The molecule has 0 fully saturated rings. The number of nitrogens with one attached hydrogen (secondary N) is 2. The zero-order valence-corrected chi connectivity index (χ0v) is 23.0. The highest BCUT2D eigenvalue weighted by Crippen LogP contribution is 2.30. The van der Waals surface area contributed by atoms with Gasteiger partial charge in [-0.15, -0.1) is 5.10 Å². The highest BCUT2D eigenvalue weighted by atomic mass is 35.5. The predicted molar refractivity (Wildman–Crippen MR) is 139 cm³/mol. The molecule has 0 saturated carbocycles. The van der Waals surface area contributed by atoms with Crippen LogP contribution in [0.25, 0.3) is 11.4 Å². The second-order valence-corrected chi connectivity index (χ2v) is 11.3. The molecular weight excluding hydrogens is 610 g/mol. The summed E-state index contributed by atoms with van der Waals surface area (Å²) in [6.07, 6.45) is -6.99. The zero-order chi connectivity index (χ0) is 29.1. The van der Waals surface area contributed by atoms with Gasteiger partial charge >= 0.3 is 11.9 Å². The Morgan fingerprint density at radius 2 is 1.77 bits per heavy atom. The maximum absolute atomic E-state index is 13.0. The topological polar surface area (TPSA) is 135 Å². The van der Waals surface area contributed by atoms with E-state index in [1.165, 1.54) is 42.5 Å². The molecule has 3 rings (SSSR count). The number of hydrogen-bond acceptors (Lipinski definition) is 6. The summed E-state index contributed by atoms with van der Waals surface area (Å²) < 4.78 is 66.3. The lowest BCUT2D eigenvalue weighted by Crippen LogP contribution is -2.41. The number of amides is 1. The molecule has 39 heavy (non-hydrogen) atoms. The zero-order valence-electron chi connectivity index (χ0n) is 19.9. The van der Waals surface area contributed by atoms with Gasteiger partial charge in [-0.2, -0.15) is 13.2 Å². The molecule has 0 bridgehead atoms. The van der Waals surface area contributed by atoms with Gasteiger partial charge in [-0.3, -0.25) is 9.36 Å². The Morgan fingerprint density at radius 1 is 1.13 bits per heavy atom. The summed E-state index contributed by atoms with van der Waals surface area (Å²) in [5.74, 6) is -1.06. The van der Waals surface area contributed by atoms with Crippen LogP contribution in [0.5, 0.6) is 0 Å². The Balaban J connectivity index is 1.87. The van der Waals surface area contributed by atoms with Gasteiger partial charge in [-0.25, -0.2) is 22.6 Å². The second-order valence-electron chi connectivity index (χ2n) is 8.33. The normalized spacial score (nSPS) is 13.7. The Kier molecular flexibility index (Phi) is 9.73. The van der Waals surface area contributed by atoms with Gasteiger partial charge in [0.2, 0.25) is 15.9 Å². The van der Waals surface area contributed by atoms with Crippen molar-refractivity contribution < 1.29 is 31.5 Å². The second kappa shape index (κ2) is 12.3. The molecule has 2 atom stereocenters. The third kappa shape index (κ3) is 8.19. The van der Waals surface area contributed by atoms with Crippen LogP contribution in [-0.4, -0.2) is 58.9 Å². The molecule has 0 aliphatic rings. The summed E-state index contributed by atoms with van der Waals surface area (Å²) >= 11 is 18.1. The molecule has 1 heterocycles. The maximum Gasteiger partial charge on any atom is 0.416 e. The number of benzene rings is 2. The smallest absolute Gasteiger partial charge is 0.382 e. The molecule has 0 spiro atoms. The Bertz CT molecular complexity index is 1510. The molecule has 0 aliphatic carbocycles. The highest BCUT2D eigenvalue weighted by molar-refractivity contribution is 7.88. The minimum atomic E-state index is -5.01. The summed E-state index contributed by atoms with van der Waals surface area (Å²) in [5.41, 5.74) is -0.623. The number of aliphatic hydroxyl groups is 1. The lowest BCUT2D eigenvalue weighted by atomic mass is 10.1. The third-order valence-corrected chi connectivity index (χ3v) is 7.07. The van der Waals surface area contributed by atoms with Crippen molar-refractivity contribution in [2.75, 3.05) is 12.8 Å². The van der Waals surface area contributed by atoms with E-state index in [4.69, 9.17) is 34.8 Å². The quantitative estimate of drug-likeness (QED) is 0.315. The van der Waals surface area contributed by atoms with Gasteiger partial charge in [-0.1, -0.05) is 46.9 Å². The van der Waals surface area contributed by atoms with E-state index in [-0.39, 0.29) is 33.5 Å². The fraction of sp³-hybridized carbons (Fsp3) is 0.318. The minimum Gasteiger partial charge on any atom is -0.382 e. The summed E-state index contributed by atoms with van der Waals surface area (Å²) in [6, 6.07) is 9.13. The molecule has 3 aromatic rings. The number of sulfonamides is 1. The maximum atomic E-state index is 13.0. The number of carbonyl (C=O) groups excluding carboxylic acids is 1. The number of rotatable bonds is 10. The first-order chi connectivity index (χ1) is 18.1. The molecule has 10 nitrogen and oxygen atoms in total. The number of aliphatic hydroxyl groups excluding tert-OH is 1. The van der Waals surface area contributed by atoms with Gasteiger partial charge in [0.25, 0.3) is 0 Å². The summed E-state index contributed by atoms with van der Waals surface area (Å²) in [6.45, 7) is -2.23. The lowest BCUT2D eigenvalue weighted by molar-refractivity contribution is -0.207.